The Balaban J connectivity index is 1.49. The SMILES string of the molecule is COc1ccc(C(=O)N(C)C)cc1NC(=O)NC12CC3CC(CC(C3)C1)C2. The summed E-state index contributed by atoms with van der Waals surface area (Å²) in [5.41, 5.74) is 0.988. The van der Waals surface area contributed by atoms with E-state index in [0.717, 1.165) is 37.0 Å². The lowest BCUT2D eigenvalue weighted by Crippen LogP contribution is -2.60. The second-order valence-electron chi connectivity index (χ2n) is 8.89. The van der Waals surface area contributed by atoms with Crippen LogP contribution in [0.15, 0.2) is 18.2 Å². The predicted molar refractivity (Wildman–Crippen MR) is 104 cm³/mol. The molecule has 0 radical (unpaired) electrons. The van der Waals surface area contributed by atoms with Gasteiger partial charge in [0.05, 0.1) is 12.8 Å². The second-order valence-corrected chi connectivity index (χ2v) is 8.89. The molecule has 1 aromatic rings. The first-order valence-electron chi connectivity index (χ1n) is 9.86. The van der Waals surface area contributed by atoms with Crippen LogP contribution < -0.4 is 15.4 Å². The van der Waals surface area contributed by atoms with Gasteiger partial charge in [-0.25, -0.2) is 4.79 Å². The number of carbonyl (C=O) groups is 2. The summed E-state index contributed by atoms with van der Waals surface area (Å²) in [6.45, 7) is 0. The van der Waals surface area contributed by atoms with Crippen molar-refractivity contribution in [3.05, 3.63) is 23.8 Å². The molecule has 27 heavy (non-hydrogen) atoms. The van der Waals surface area contributed by atoms with Gasteiger partial charge in [0.25, 0.3) is 5.91 Å². The van der Waals surface area contributed by atoms with Gasteiger partial charge in [-0.3, -0.25) is 4.79 Å². The van der Waals surface area contributed by atoms with Crippen molar-refractivity contribution in [3.63, 3.8) is 0 Å². The fraction of sp³-hybridized carbons (Fsp3) is 0.619. The summed E-state index contributed by atoms with van der Waals surface area (Å²) in [5, 5.41) is 6.22. The Labute approximate surface area is 160 Å². The van der Waals surface area contributed by atoms with Crippen LogP contribution in [0, 0.1) is 17.8 Å². The van der Waals surface area contributed by atoms with Crippen molar-refractivity contribution in [1.82, 2.24) is 10.2 Å². The number of ether oxygens (including phenoxy) is 1. The molecule has 0 heterocycles. The highest BCUT2D eigenvalue weighted by atomic mass is 16.5. The maximum Gasteiger partial charge on any atom is 0.319 e. The van der Waals surface area contributed by atoms with Crippen LogP contribution in [0.4, 0.5) is 10.5 Å². The van der Waals surface area contributed by atoms with Crippen molar-refractivity contribution in [3.8, 4) is 5.75 Å². The van der Waals surface area contributed by atoms with E-state index in [1.807, 2.05) is 0 Å². The molecule has 6 nitrogen and oxygen atoms in total. The van der Waals surface area contributed by atoms with Crippen molar-refractivity contribution in [1.29, 1.82) is 0 Å². The van der Waals surface area contributed by atoms with Crippen molar-refractivity contribution in [2.45, 2.75) is 44.1 Å². The zero-order valence-electron chi connectivity index (χ0n) is 16.4. The lowest BCUT2D eigenvalue weighted by atomic mass is 9.53. The van der Waals surface area contributed by atoms with Crippen LogP contribution in [0.1, 0.15) is 48.9 Å². The van der Waals surface area contributed by atoms with Crippen LogP contribution in [-0.4, -0.2) is 43.6 Å². The van der Waals surface area contributed by atoms with Crippen molar-refractivity contribution in [2.24, 2.45) is 17.8 Å². The molecular formula is C21H29N3O3. The molecule has 3 amide bonds. The average Bonchev–Trinajstić information content (AvgIpc) is 2.59. The minimum absolute atomic E-state index is 0.0524. The molecule has 2 N–H and O–H groups in total. The molecule has 4 bridgehead atoms. The smallest absolute Gasteiger partial charge is 0.319 e. The number of nitrogens with zero attached hydrogens (tertiary/aromatic N) is 1. The van der Waals surface area contributed by atoms with Crippen LogP contribution in [-0.2, 0) is 0 Å². The van der Waals surface area contributed by atoms with Gasteiger partial charge in [-0.1, -0.05) is 0 Å². The van der Waals surface area contributed by atoms with E-state index in [1.165, 1.54) is 24.2 Å². The fourth-order valence-electron chi connectivity index (χ4n) is 5.86. The van der Waals surface area contributed by atoms with Crippen LogP contribution in [0.5, 0.6) is 5.75 Å². The summed E-state index contributed by atoms with van der Waals surface area (Å²) in [6, 6.07) is 4.91. The number of hydrogen-bond donors (Lipinski definition) is 2. The number of nitrogens with one attached hydrogen (secondary N) is 2. The van der Waals surface area contributed by atoms with Gasteiger partial charge in [0.15, 0.2) is 0 Å². The van der Waals surface area contributed by atoms with Crippen molar-refractivity contribution in [2.75, 3.05) is 26.5 Å². The molecule has 4 aliphatic carbocycles. The van der Waals surface area contributed by atoms with Crippen LogP contribution >= 0.6 is 0 Å². The third-order valence-electron chi connectivity index (χ3n) is 6.52. The number of hydrogen-bond acceptors (Lipinski definition) is 3. The standard InChI is InChI=1S/C21H29N3O3/c1-24(2)19(25)16-4-5-18(27-3)17(9-16)22-20(26)23-21-10-13-6-14(11-21)8-15(7-13)12-21/h4-5,9,13-15H,6-8,10-12H2,1-3H3,(H2,22,23,26). The molecule has 1 aromatic carbocycles. The zero-order chi connectivity index (χ0) is 19.2. The monoisotopic (exact) mass is 371 g/mol. The number of anilines is 1. The molecule has 6 heteroatoms. The molecule has 4 aliphatic rings. The van der Waals surface area contributed by atoms with Gasteiger partial charge < -0.3 is 20.3 Å². The molecular weight excluding hydrogens is 342 g/mol. The number of methoxy groups -OCH3 is 1. The molecule has 5 rings (SSSR count). The fourth-order valence-corrected chi connectivity index (χ4v) is 5.86. The van der Waals surface area contributed by atoms with Crippen molar-refractivity contribution < 1.29 is 14.3 Å². The third kappa shape index (κ3) is 3.49. The van der Waals surface area contributed by atoms with Crippen molar-refractivity contribution >= 4 is 17.6 Å². The van der Waals surface area contributed by atoms with E-state index in [-0.39, 0.29) is 17.5 Å². The first-order valence-corrected chi connectivity index (χ1v) is 9.86. The molecule has 0 unspecified atom stereocenters. The lowest BCUT2D eigenvalue weighted by Gasteiger charge is -2.56. The van der Waals surface area contributed by atoms with Gasteiger partial charge in [-0.15, -0.1) is 0 Å². The van der Waals surface area contributed by atoms with Gasteiger partial charge in [-0.2, -0.15) is 0 Å². The number of rotatable bonds is 4. The summed E-state index contributed by atoms with van der Waals surface area (Å²) in [6.07, 6.45) is 7.31. The molecule has 0 atom stereocenters. The highest BCUT2D eigenvalue weighted by Crippen LogP contribution is 2.55. The van der Waals surface area contributed by atoms with Gasteiger partial charge in [0, 0.05) is 25.2 Å². The summed E-state index contributed by atoms with van der Waals surface area (Å²) < 4.78 is 5.37. The Kier molecular flexibility index (Phi) is 4.52. The molecule has 0 aliphatic heterocycles. The number of benzene rings is 1. The lowest BCUT2D eigenvalue weighted by molar-refractivity contribution is -0.0127. The van der Waals surface area contributed by atoms with Gasteiger partial charge in [-0.05, 0) is 74.5 Å². The highest BCUT2D eigenvalue weighted by Gasteiger charge is 2.51. The molecule has 0 spiro atoms. The quantitative estimate of drug-likeness (QED) is 0.851. The van der Waals surface area contributed by atoms with E-state index in [1.54, 1.807) is 39.4 Å². The second kappa shape index (κ2) is 6.73. The number of carbonyl (C=O) groups excluding carboxylic acids is 2. The highest BCUT2D eigenvalue weighted by molar-refractivity contribution is 5.98. The van der Waals surface area contributed by atoms with E-state index in [4.69, 9.17) is 4.74 Å². The molecule has 0 saturated heterocycles. The first-order chi connectivity index (χ1) is 12.9. The summed E-state index contributed by atoms with van der Waals surface area (Å²) >= 11 is 0. The summed E-state index contributed by atoms with van der Waals surface area (Å²) in [7, 11) is 4.98. The summed E-state index contributed by atoms with van der Waals surface area (Å²) in [4.78, 5) is 26.6. The normalized spacial score (nSPS) is 30.7. The van der Waals surface area contributed by atoms with E-state index >= 15 is 0 Å². The molecule has 0 aromatic heterocycles. The third-order valence-corrected chi connectivity index (χ3v) is 6.52. The Morgan fingerprint density at radius 3 is 2.19 bits per heavy atom. The minimum atomic E-state index is -0.204. The van der Waals surface area contributed by atoms with E-state index in [0.29, 0.717) is 17.0 Å². The van der Waals surface area contributed by atoms with E-state index in [9.17, 15) is 9.59 Å². The molecule has 146 valence electrons. The van der Waals surface area contributed by atoms with Gasteiger partial charge in [0.1, 0.15) is 5.75 Å². The molecule has 4 fully saturated rings. The van der Waals surface area contributed by atoms with Crippen LogP contribution in [0.25, 0.3) is 0 Å². The zero-order valence-corrected chi connectivity index (χ0v) is 16.4. The van der Waals surface area contributed by atoms with Crippen LogP contribution in [0.2, 0.25) is 0 Å². The largest absolute Gasteiger partial charge is 0.495 e. The summed E-state index contributed by atoms with van der Waals surface area (Å²) in [5.74, 6) is 2.75. The van der Waals surface area contributed by atoms with Crippen LogP contribution in [0.3, 0.4) is 0 Å². The Hall–Kier alpha value is -2.24. The van der Waals surface area contributed by atoms with Gasteiger partial charge in [0.2, 0.25) is 0 Å². The maximum absolute atomic E-state index is 12.8. The number of urea groups is 1. The van der Waals surface area contributed by atoms with E-state index in [2.05, 4.69) is 10.6 Å². The average molecular weight is 371 g/mol. The minimum Gasteiger partial charge on any atom is -0.495 e. The predicted octanol–water partition coefficient (Wildman–Crippen LogP) is 3.49. The van der Waals surface area contributed by atoms with Gasteiger partial charge >= 0.3 is 6.03 Å². The Morgan fingerprint density at radius 1 is 1.07 bits per heavy atom. The molecule has 4 saturated carbocycles. The maximum atomic E-state index is 12.8. The number of amides is 3. The Bertz CT molecular complexity index is 724. The first kappa shape index (κ1) is 18.1. The topological polar surface area (TPSA) is 70.7 Å². The van der Waals surface area contributed by atoms with E-state index < -0.39 is 0 Å². The Morgan fingerprint density at radius 2 is 1.67 bits per heavy atom.